The average molecular weight is 385 g/mol. The van der Waals surface area contributed by atoms with Gasteiger partial charge in [-0.2, -0.15) is 0 Å². The third-order valence-corrected chi connectivity index (χ3v) is 5.03. The molecular weight excluding hydrogens is 368 g/mol. The number of esters is 1. The Labute approximate surface area is 141 Å². The Balaban J connectivity index is 2.49. The Bertz CT molecular complexity index is 638. The number of urea groups is 1. The van der Waals surface area contributed by atoms with Crippen LogP contribution in [0.3, 0.4) is 0 Å². The zero-order valence-electron chi connectivity index (χ0n) is 12.4. The molecule has 0 spiro atoms. The summed E-state index contributed by atoms with van der Waals surface area (Å²) in [5.74, 6) is -0.413. The van der Waals surface area contributed by atoms with Crippen LogP contribution in [0.15, 0.2) is 39.8 Å². The molecule has 2 heterocycles. The van der Waals surface area contributed by atoms with Crippen molar-refractivity contribution >= 4 is 39.3 Å². The lowest BCUT2D eigenvalue weighted by molar-refractivity contribution is -0.139. The van der Waals surface area contributed by atoms with Gasteiger partial charge in [0.25, 0.3) is 0 Å². The smallest absolute Gasteiger partial charge is 0.338 e. The Hall–Kier alpha value is -1.60. The highest BCUT2D eigenvalue weighted by atomic mass is 79.9. The Morgan fingerprint density at radius 3 is 2.91 bits per heavy atom. The van der Waals surface area contributed by atoms with Crippen LogP contribution in [-0.2, 0) is 9.53 Å². The number of halogens is 1. The van der Waals surface area contributed by atoms with Gasteiger partial charge in [-0.1, -0.05) is 6.08 Å². The predicted molar refractivity (Wildman–Crippen MR) is 89.5 cm³/mol. The summed E-state index contributed by atoms with van der Waals surface area (Å²) in [5, 5.41) is 4.78. The first-order chi connectivity index (χ1) is 10.5. The molecule has 0 bridgehead atoms. The molecular formula is C15H17BrN2O3S. The van der Waals surface area contributed by atoms with E-state index in [1.165, 1.54) is 16.2 Å². The van der Waals surface area contributed by atoms with Crippen LogP contribution in [0.25, 0.3) is 0 Å². The van der Waals surface area contributed by atoms with Gasteiger partial charge in [0.05, 0.1) is 18.2 Å². The van der Waals surface area contributed by atoms with Crippen molar-refractivity contribution in [3.05, 3.63) is 44.7 Å². The Morgan fingerprint density at radius 1 is 1.64 bits per heavy atom. The molecule has 1 aliphatic rings. The first-order valence-corrected chi connectivity index (χ1v) is 8.47. The van der Waals surface area contributed by atoms with Crippen LogP contribution in [0.4, 0.5) is 4.79 Å². The van der Waals surface area contributed by atoms with Crippen molar-refractivity contribution in [1.82, 2.24) is 10.2 Å². The van der Waals surface area contributed by atoms with Gasteiger partial charge < -0.3 is 10.1 Å². The fourth-order valence-electron chi connectivity index (χ4n) is 2.30. The van der Waals surface area contributed by atoms with Gasteiger partial charge in [0.1, 0.15) is 0 Å². The quantitative estimate of drug-likeness (QED) is 0.623. The van der Waals surface area contributed by atoms with Crippen LogP contribution in [-0.4, -0.2) is 30.1 Å². The molecule has 0 aliphatic carbocycles. The molecule has 2 rings (SSSR count). The minimum Gasteiger partial charge on any atom is -0.463 e. The lowest BCUT2D eigenvalue weighted by Crippen LogP contribution is -2.47. The summed E-state index contributed by atoms with van der Waals surface area (Å²) in [5.41, 5.74) is 1.05. The van der Waals surface area contributed by atoms with Gasteiger partial charge in [0, 0.05) is 27.0 Å². The molecule has 7 heteroatoms. The van der Waals surface area contributed by atoms with E-state index in [9.17, 15) is 9.59 Å². The van der Waals surface area contributed by atoms with E-state index < -0.39 is 12.0 Å². The lowest BCUT2D eigenvalue weighted by atomic mass is 10.0. The zero-order valence-corrected chi connectivity index (χ0v) is 14.8. The van der Waals surface area contributed by atoms with Gasteiger partial charge in [-0.05, 0) is 35.8 Å². The van der Waals surface area contributed by atoms with Crippen LogP contribution in [0, 0.1) is 0 Å². The van der Waals surface area contributed by atoms with Crippen molar-refractivity contribution in [3.8, 4) is 0 Å². The van der Waals surface area contributed by atoms with Gasteiger partial charge >= 0.3 is 12.0 Å². The second kappa shape index (κ2) is 7.11. The summed E-state index contributed by atoms with van der Waals surface area (Å²) in [6, 6.07) is 1.15. The zero-order chi connectivity index (χ0) is 16.3. The lowest BCUT2D eigenvalue weighted by Gasteiger charge is -2.34. The summed E-state index contributed by atoms with van der Waals surface area (Å²) in [4.78, 5) is 27.0. The summed E-state index contributed by atoms with van der Waals surface area (Å²) in [6.45, 7) is 7.78. The van der Waals surface area contributed by atoms with Crippen molar-refractivity contribution < 1.29 is 14.3 Å². The minimum absolute atomic E-state index is 0.250. The van der Waals surface area contributed by atoms with Gasteiger partial charge in [-0.25, -0.2) is 9.59 Å². The molecule has 1 N–H and O–H groups in total. The number of hydrogen-bond donors (Lipinski definition) is 1. The first kappa shape index (κ1) is 16.8. The van der Waals surface area contributed by atoms with E-state index in [2.05, 4.69) is 27.8 Å². The fourth-order valence-corrected chi connectivity index (χ4v) is 3.80. The van der Waals surface area contributed by atoms with Gasteiger partial charge in [-0.15, -0.1) is 17.9 Å². The van der Waals surface area contributed by atoms with E-state index in [0.717, 1.165) is 9.35 Å². The summed E-state index contributed by atoms with van der Waals surface area (Å²) in [7, 11) is 0. The maximum atomic E-state index is 12.4. The molecule has 22 heavy (non-hydrogen) atoms. The van der Waals surface area contributed by atoms with E-state index in [1.54, 1.807) is 19.9 Å². The molecule has 1 atom stereocenters. The number of allylic oxidation sites excluding steroid dienone is 1. The third kappa shape index (κ3) is 3.25. The molecule has 1 aliphatic heterocycles. The maximum absolute atomic E-state index is 12.4. The van der Waals surface area contributed by atoms with Crippen LogP contribution in [0.1, 0.15) is 24.8 Å². The van der Waals surface area contributed by atoms with Gasteiger partial charge in [-0.3, -0.25) is 4.90 Å². The molecule has 0 radical (unpaired) electrons. The Morgan fingerprint density at radius 2 is 2.36 bits per heavy atom. The summed E-state index contributed by atoms with van der Waals surface area (Å²) < 4.78 is 6.08. The molecule has 118 valence electrons. The second-order valence-electron chi connectivity index (χ2n) is 4.67. The van der Waals surface area contributed by atoms with Crippen LogP contribution in [0.2, 0.25) is 0 Å². The molecule has 0 saturated heterocycles. The number of nitrogens with zero attached hydrogens (tertiary/aromatic N) is 1. The van der Waals surface area contributed by atoms with Crippen LogP contribution in [0.5, 0.6) is 0 Å². The van der Waals surface area contributed by atoms with Crippen molar-refractivity contribution in [1.29, 1.82) is 0 Å². The van der Waals surface area contributed by atoms with E-state index in [-0.39, 0.29) is 12.6 Å². The van der Waals surface area contributed by atoms with E-state index >= 15 is 0 Å². The van der Waals surface area contributed by atoms with Crippen molar-refractivity contribution in [2.24, 2.45) is 0 Å². The van der Waals surface area contributed by atoms with Crippen molar-refractivity contribution in [3.63, 3.8) is 0 Å². The van der Waals surface area contributed by atoms with E-state index in [4.69, 9.17) is 4.74 Å². The molecule has 1 aromatic rings. The fraction of sp³-hybridized carbons (Fsp3) is 0.333. The van der Waals surface area contributed by atoms with Crippen LogP contribution < -0.4 is 5.32 Å². The number of carbonyl (C=O) groups excluding carboxylic acids is 2. The number of carbonyl (C=O) groups is 2. The largest absolute Gasteiger partial charge is 0.463 e. The number of thiophene rings is 1. The molecule has 1 aromatic heterocycles. The minimum atomic E-state index is -0.496. The molecule has 5 nitrogen and oxygen atoms in total. The van der Waals surface area contributed by atoms with Gasteiger partial charge in [0.15, 0.2) is 0 Å². The molecule has 2 amide bonds. The highest BCUT2D eigenvalue weighted by Crippen LogP contribution is 2.35. The molecule has 0 unspecified atom stereocenters. The highest BCUT2D eigenvalue weighted by Gasteiger charge is 2.36. The standard InChI is InChI=1S/C15H17BrN2O3S/c1-4-6-18-9(3)12(14(19)21-5-2)13(17-15(18)20)11-7-10(16)8-22-11/h4,7-8,13H,1,5-6H2,2-3H3,(H,17,20)/t13-/m0/s1. The number of nitrogens with one attached hydrogen (secondary N) is 1. The third-order valence-electron chi connectivity index (χ3n) is 3.28. The first-order valence-electron chi connectivity index (χ1n) is 6.80. The number of rotatable bonds is 5. The van der Waals surface area contributed by atoms with Crippen molar-refractivity contribution in [2.75, 3.05) is 13.2 Å². The highest BCUT2D eigenvalue weighted by molar-refractivity contribution is 9.10. The number of hydrogen-bond acceptors (Lipinski definition) is 4. The van der Waals surface area contributed by atoms with E-state index in [0.29, 0.717) is 17.8 Å². The average Bonchev–Trinajstić information content (AvgIpc) is 2.89. The SMILES string of the molecule is C=CCN1C(=O)N[C@@H](c2cc(Br)cs2)C(C(=O)OCC)=C1C. The number of ether oxygens (including phenoxy) is 1. The monoisotopic (exact) mass is 384 g/mol. The van der Waals surface area contributed by atoms with Gasteiger partial charge in [0.2, 0.25) is 0 Å². The van der Waals surface area contributed by atoms with E-state index in [1.807, 2.05) is 11.4 Å². The summed E-state index contributed by atoms with van der Waals surface area (Å²) >= 11 is 4.87. The summed E-state index contributed by atoms with van der Waals surface area (Å²) in [6.07, 6.45) is 1.62. The molecule has 0 fully saturated rings. The maximum Gasteiger partial charge on any atom is 0.338 e. The number of amides is 2. The van der Waals surface area contributed by atoms with Crippen LogP contribution >= 0.6 is 27.3 Å². The molecule has 0 saturated carbocycles. The Kier molecular flexibility index (Phi) is 5.42. The topological polar surface area (TPSA) is 58.6 Å². The normalized spacial score (nSPS) is 18.2. The molecule has 0 aromatic carbocycles. The second-order valence-corrected chi connectivity index (χ2v) is 6.53. The predicted octanol–water partition coefficient (Wildman–Crippen LogP) is 3.60. The van der Waals surface area contributed by atoms with Crippen molar-refractivity contribution in [2.45, 2.75) is 19.9 Å².